The Labute approximate surface area is 195 Å². The van der Waals surface area contributed by atoms with Gasteiger partial charge in [0, 0.05) is 13.1 Å². The van der Waals surface area contributed by atoms with Crippen molar-refractivity contribution >= 4 is 5.91 Å². The average molecular weight is 447 g/mol. The topological polar surface area (TPSA) is 60.0 Å². The molecule has 4 rings (SSSR count). The van der Waals surface area contributed by atoms with Gasteiger partial charge in [-0.15, -0.1) is 0 Å². The summed E-state index contributed by atoms with van der Waals surface area (Å²) in [6, 6.07) is 22.1. The van der Waals surface area contributed by atoms with E-state index in [1.807, 2.05) is 48.5 Å². The minimum absolute atomic E-state index is 0.0114. The highest BCUT2D eigenvalue weighted by Gasteiger charge is 2.31. The number of carbonyl (C=O) groups excluding carboxylic acids is 1. The van der Waals surface area contributed by atoms with Crippen molar-refractivity contribution in [1.29, 1.82) is 0 Å². The Morgan fingerprint density at radius 1 is 0.939 bits per heavy atom. The number of hydrogen-bond acceptors (Lipinski definition) is 5. The normalized spacial score (nSPS) is 15.4. The van der Waals surface area contributed by atoms with Gasteiger partial charge < -0.3 is 19.5 Å². The van der Waals surface area contributed by atoms with Crippen molar-refractivity contribution in [3.63, 3.8) is 0 Å². The molecule has 3 aromatic rings. The molecule has 0 aromatic heterocycles. The van der Waals surface area contributed by atoms with Crippen LogP contribution in [0, 0.1) is 0 Å². The number of hydrogen-bond donors (Lipinski definition) is 1. The van der Waals surface area contributed by atoms with Gasteiger partial charge in [-0.3, -0.25) is 9.69 Å². The van der Waals surface area contributed by atoms with Crippen LogP contribution in [0.2, 0.25) is 0 Å². The first-order valence-electron chi connectivity index (χ1n) is 11.1. The number of fused-ring (bicyclic) bond motifs is 1. The lowest BCUT2D eigenvalue weighted by Crippen LogP contribution is -2.43. The van der Waals surface area contributed by atoms with Crippen LogP contribution in [0.5, 0.6) is 17.2 Å². The SMILES string of the molecule is COc1cccc(CNC(=O)CN2CCc3cc(OC)c(OC)cc3C2c2ccccc2)c1. The largest absolute Gasteiger partial charge is 0.497 e. The van der Waals surface area contributed by atoms with E-state index in [4.69, 9.17) is 14.2 Å². The summed E-state index contributed by atoms with van der Waals surface area (Å²) in [5.74, 6) is 2.19. The van der Waals surface area contributed by atoms with E-state index in [0.717, 1.165) is 41.2 Å². The van der Waals surface area contributed by atoms with E-state index >= 15 is 0 Å². The minimum Gasteiger partial charge on any atom is -0.497 e. The first-order valence-corrected chi connectivity index (χ1v) is 11.1. The van der Waals surface area contributed by atoms with Crippen molar-refractivity contribution in [2.24, 2.45) is 0 Å². The van der Waals surface area contributed by atoms with Gasteiger partial charge in [-0.25, -0.2) is 0 Å². The van der Waals surface area contributed by atoms with Gasteiger partial charge in [-0.05, 0) is 52.9 Å². The van der Waals surface area contributed by atoms with Gasteiger partial charge in [-0.2, -0.15) is 0 Å². The second kappa shape index (κ2) is 10.4. The third kappa shape index (κ3) is 5.12. The molecule has 0 bridgehead atoms. The highest BCUT2D eigenvalue weighted by molar-refractivity contribution is 5.78. The summed E-state index contributed by atoms with van der Waals surface area (Å²) in [6.45, 7) is 1.54. The molecule has 1 atom stereocenters. The molecular formula is C27H30N2O4. The van der Waals surface area contributed by atoms with Crippen LogP contribution in [0.25, 0.3) is 0 Å². The Balaban J connectivity index is 1.56. The predicted molar refractivity (Wildman–Crippen MR) is 128 cm³/mol. The van der Waals surface area contributed by atoms with Crippen LogP contribution in [0.3, 0.4) is 0 Å². The summed E-state index contributed by atoms with van der Waals surface area (Å²) in [7, 11) is 4.94. The second-order valence-electron chi connectivity index (χ2n) is 8.07. The van der Waals surface area contributed by atoms with Gasteiger partial charge >= 0.3 is 0 Å². The van der Waals surface area contributed by atoms with Crippen LogP contribution in [0.15, 0.2) is 66.7 Å². The highest BCUT2D eigenvalue weighted by Crippen LogP contribution is 2.40. The zero-order valence-corrected chi connectivity index (χ0v) is 19.3. The van der Waals surface area contributed by atoms with Crippen LogP contribution in [0.1, 0.15) is 28.3 Å². The standard InChI is InChI=1S/C27H30N2O4/c1-31-22-11-7-8-19(14-22)17-28-26(30)18-29-13-12-21-15-24(32-2)25(33-3)16-23(21)27(29)20-9-5-4-6-10-20/h4-11,14-16,27H,12-13,17-18H2,1-3H3,(H,28,30). The lowest BCUT2D eigenvalue weighted by atomic mass is 9.87. The van der Waals surface area contributed by atoms with E-state index in [2.05, 4.69) is 28.4 Å². The maximum atomic E-state index is 12.9. The van der Waals surface area contributed by atoms with Gasteiger partial charge in [0.2, 0.25) is 5.91 Å². The number of nitrogens with one attached hydrogen (secondary N) is 1. The van der Waals surface area contributed by atoms with Crippen LogP contribution >= 0.6 is 0 Å². The molecule has 3 aromatic carbocycles. The summed E-state index contributed by atoms with van der Waals surface area (Å²) in [6.07, 6.45) is 0.836. The number of benzene rings is 3. The minimum atomic E-state index is -0.0441. The Kier molecular flexibility index (Phi) is 7.15. The Bertz CT molecular complexity index is 1100. The fourth-order valence-corrected chi connectivity index (χ4v) is 4.42. The molecule has 0 aliphatic carbocycles. The molecule has 6 nitrogen and oxygen atoms in total. The van der Waals surface area contributed by atoms with E-state index in [0.29, 0.717) is 18.8 Å². The molecule has 1 amide bonds. The van der Waals surface area contributed by atoms with Gasteiger partial charge in [0.15, 0.2) is 11.5 Å². The van der Waals surface area contributed by atoms with Gasteiger partial charge in [0.25, 0.3) is 0 Å². The fourth-order valence-electron chi connectivity index (χ4n) is 4.42. The summed E-state index contributed by atoms with van der Waals surface area (Å²) in [5.41, 5.74) is 4.51. The van der Waals surface area contributed by atoms with E-state index in [-0.39, 0.29) is 11.9 Å². The van der Waals surface area contributed by atoms with Crippen molar-refractivity contribution in [1.82, 2.24) is 10.2 Å². The van der Waals surface area contributed by atoms with Crippen molar-refractivity contribution < 1.29 is 19.0 Å². The number of ether oxygens (including phenoxy) is 3. The third-order valence-corrected chi connectivity index (χ3v) is 6.06. The molecule has 0 fully saturated rings. The predicted octanol–water partition coefficient (Wildman–Crippen LogP) is 3.98. The van der Waals surface area contributed by atoms with Gasteiger partial charge in [0.1, 0.15) is 5.75 Å². The van der Waals surface area contributed by atoms with E-state index < -0.39 is 0 Å². The second-order valence-corrected chi connectivity index (χ2v) is 8.07. The van der Waals surface area contributed by atoms with Gasteiger partial charge in [-0.1, -0.05) is 42.5 Å². The highest BCUT2D eigenvalue weighted by atomic mass is 16.5. The summed E-state index contributed by atoms with van der Waals surface area (Å²) in [4.78, 5) is 15.1. The van der Waals surface area contributed by atoms with E-state index in [1.54, 1.807) is 21.3 Å². The molecule has 0 spiro atoms. The Hall–Kier alpha value is -3.51. The molecule has 33 heavy (non-hydrogen) atoms. The van der Waals surface area contributed by atoms with Crippen LogP contribution in [-0.4, -0.2) is 45.2 Å². The van der Waals surface area contributed by atoms with Crippen LogP contribution in [0.4, 0.5) is 0 Å². The summed E-state index contributed by atoms with van der Waals surface area (Å²) < 4.78 is 16.4. The maximum Gasteiger partial charge on any atom is 0.234 e. The number of amides is 1. The molecule has 1 N–H and O–H groups in total. The maximum absolute atomic E-state index is 12.9. The number of nitrogens with zero attached hydrogens (tertiary/aromatic N) is 1. The molecule has 172 valence electrons. The average Bonchev–Trinajstić information content (AvgIpc) is 2.87. The quantitative estimate of drug-likeness (QED) is 0.567. The monoisotopic (exact) mass is 446 g/mol. The lowest BCUT2D eigenvalue weighted by Gasteiger charge is -2.37. The molecule has 1 heterocycles. The molecule has 1 aliphatic rings. The molecule has 0 saturated heterocycles. The first kappa shape index (κ1) is 22.7. The van der Waals surface area contributed by atoms with E-state index in [9.17, 15) is 4.79 Å². The first-order chi connectivity index (χ1) is 16.1. The lowest BCUT2D eigenvalue weighted by molar-refractivity contribution is -0.122. The third-order valence-electron chi connectivity index (χ3n) is 6.06. The molecule has 6 heteroatoms. The fraction of sp³-hybridized carbons (Fsp3) is 0.296. The van der Waals surface area contributed by atoms with Crippen LogP contribution in [-0.2, 0) is 17.8 Å². The molecule has 0 saturated carbocycles. The van der Waals surface area contributed by atoms with Crippen molar-refractivity contribution in [2.45, 2.75) is 19.0 Å². The van der Waals surface area contributed by atoms with Crippen molar-refractivity contribution in [3.05, 3.63) is 89.0 Å². The molecule has 0 radical (unpaired) electrons. The van der Waals surface area contributed by atoms with Crippen molar-refractivity contribution in [3.8, 4) is 17.2 Å². The van der Waals surface area contributed by atoms with Gasteiger partial charge in [0.05, 0.1) is 33.9 Å². The molecule has 1 unspecified atom stereocenters. The number of carbonyl (C=O) groups is 1. The molecular weight excluding hydrogens is 416 g/mol. The number of methoxy groups -OCH3 is 3. The number of rotatable bonds is 8. The summed E-state index contributed by atoms with van der Waals surface area (Å²) in [5, 5.41) is 3.05. The summed E-state index contributed by atoms with van der Waals surface area (Å²) >= 11 is 0. The Morgan fingerprint density at radius 2 is 1.70 bits per heavy atom. The smallest absolute Gasteiger partial charge is 0.234 e. The van der Waals surface area contributed by atoms with Crippen molar-refractivity contribution in [2.75, 3.05) is 34.4 Å². The van der Waals surface area contributed by atoms with Crippen LogP contribution < -0.4 is 19.5 Å². The zero-order chi connectivity index (χ0) is 23.2. The molecule has 1 aliphatic heterocycles. The Morgan fingerprint density at radius 3 is 2.42 bits per heavy atom. The zero-order valence-electron chi connectivity index (χ0n) is 19.3. The van der Waals surface area contributed by atoms with E-state index in [1.165, 1.54) is 5.56 Å².